The molecule has 3 N–H and O–H groups in total. The lowest BCUT2D eigenvalue weighted by molar-refractivity contribution is -0.117. The third-order valence-electron chi connectivity index (χ3n) is 5.24. The van der Waals surface area contributed by atoms with Crippen LogP contribution in [0.3, 0.4) is 0 Å². The molecule has 0 radical (unpaired) electrons. The van der Waals surface area contributed by atoms with Gasteiger partial charge >= 0.3 is 0 Å². The summed E-state index contributed by atoms with van der Waals surface area (Å²) in [6.45, 7) is 0. The quantitative estimate of drug-likeness (QED) is 0.371. The van der Waals surface area contributed by atoms with Crippen LogP contribution in [-0.2, 0) is 11.8 Å². The number of anilines is 3. The Morgan fingerprint density at radius 1 is 1.17 bits per heavy atom. The zero-order valence-electron chi connectivity index (χ0n) is 20.3. The van der Waals surface area contributed by atoms with Crippen LogP contribution in [0.5, 0.6) is 5.75 Å². The van der Waals surface area contributed by atoms with Gasteiger partial charge in [0.1, 0.15) is 40.9 Å². The van der Waals surface area contributed by atoms with Gasteiger partial charge in [0.15, 0.2) is 5.75 Å². The molecule has 0 unspecified atom stereocenters. The first-order valence-electron chi connectivity index (χ1n) is 11.2. The van der Waals surface area contributed by atoms with E-state index in [1.807, 2.05) is 23.5 Å². The number of benzene rings is 1. The fraction of sp³-hybridized carbons (Fsp3) is 0.286. The standard InChI is InChI=1S/C21H25B3FN7O3/c1-32-27-9-16(31-32)12-5-11(25)6-15(18(12)35-2)28-14-7-17(29-19(33)10-3-4-10)26-8-13(14)20(34)30-21(22,23)24/h5-10H,3-4,22-24H2,1-2H3,(H,30,34)(H2,26,28,29,33). The zero-order valence-corrected chi connectivity index (χ0v) is 20.3. The molecule has 2 heterocycles. The van der Waals surface area contributed by atoms with Crippen LogP contribution >= 0.6 is 0 Å². The van der Waals surface area contributed by atoms with Crippen LogP contribution in [0.15, 0.2) is 30.6 Å². The molecule has 1 aromatic carbocycles. The summed E-state index contributed by atoms with van der Waals surface area (Å²) in [6, 6.07) is 4.10. The van der Waals surface area contributed by atoms with E-state index in [1.165, 1.54) is 36.4 Å². The van der Waals surface area contributed by atoms with E-state index in [-0.39, 0.29) is 34.8 Å². The predicted octanol–water partition coefficient (Wildman–Crippen LogP) is -0.643. The van der Waals surface area contributed by atoms with Crippen LogP contribution in [-0.4, -0.2) is 67.7 Å². The molecule has 1 saturated carbocycles. The number of nitrogens with zero attached hydrogens (tertiary/aromatic N) is 4. The number of hydrogen-bond donors (Lipinski definition) is 3. The summed E-state index contributed by atoms with van der Waals surface area (Å²) in [5.74, 6) is -0.461. The maximum atomic E-state index is 14.7. The Kier molecular flexibility index (Phi) is 6.55. The number of rotatable bonds is 8. The van der Waals surface area contributed by atoms with Gasteiger partial charge < -0.3 is 20.7 Å². The number of aryl methyl sites for hydroxylation is 1. The van der Waals surface area contributed by atoms with Crippen molar-refractivity contribution in [2.24, 2.45) is 13.0 Å². The minimum absolute atomic E-state index is 0.0186. The van der Waals surface area contributed by atoms with Crippen LogP contribution < -0.4 is 20.7 Å². The second-order valence-electron chi connectivity index (χ2n) is 9.46. The first-order chi connectivity index (χ1) is 16.5. The molecule has 2 amide bonds. The molecule has 35 heavy (non-hydrogen) atoms. The molecule has 0 spiro atoms. The summed E-state index contributed by atoms with van der Waals surface area (Å²) in [5, 5.41) is 16.6. The zero-order chi connectivity index (χ0) is 25.3. The van der Waals surface area contributed by atoms with Crippen LogP contribution in [0.2, 0.25) is 0 Å². The molecule has 178 valence electrons. The fourth-order valence-electron chi connectivity index (χ4n) is 3.50. The number of carbonyl (C=O) groups is 2. The average Bonchev–Trinajstić information content (AvgIpc) is 3.53. The summed E-state index contributed by atoms with van der Waals surface area (Å²) < 4.78 is 20.3. The van der Waals surface area contributed by atoms with E-state index in [4.69, 9.17) is 4.74 Å². The fourth-order valence-corrected chi connectivity index (χ4v) is 3.50. The minimum Gasteiger partial charge on any atom is -0.494 e. The monoisotopic (exact) mass is 475 g/mol. The first kappa shape index (κ1) is 24.3. The highest BCUT2D eigenvalue weighted by Gasteiger charge is 2.30. The summed E-state index contributed by atoms with van der Waals surface area (Å²) in [7, 11) is 8.69. The Hall–Kier alpha value is -3.83. The smallest absolute Gasteiger partial charge is 0.253 e. The Bertz CT molecular complexity index is 1290. The molecule has 1 aliphatic carbocycles. The number of amides is 2. The van der Waals surface area contributed by atoms with Crippen molar-refractivity contribution in [1.29, 1.82) is 0 Å². The van der Waals surface area contributed by atoms with Gasteiger partial charge in [-0.25, -0.2) is 9.37 Å². The molecule has 10 nitrogen and oxygen atoms in total. The van der Waals surface area contributed by atoms with Crippen LogP contribution in [0.1, 0.15) is 23.2 Å². The van der Waals surface area contributed by atoms with E-state index >= 15 is 0 Å². The lowest BCUT2D eigenvalue weighted by Gasteiger charge is -2.22. The number of halogens is 1. The number of ether oxygens (including phenoxy) is 1. The van der Waals surface area contributed by atoms with Crippen molar-refractivity contribution in [2.45, 2.75) is 18.1 Å². The van der Waals surface area contributed by atoms with Gasteiger partial charge in [0.05, 0.1) is 35.8 Å². The Balaban J connectivity index is 1.76. The largest absolute Gasteiger partial charge is 0.494 e. The number of nitrogens with one attached hydrogen (secondary N) is 3. The lowest BCUT2D eigenvalue weighted by atomic mass is 9.49. The number of methoxy groups -OCH3 is 1. The lowest BCUT2D eigenvalue weighted by Crippen LogP contribution is -2.50. The van der Waals surface area contributed by atoms with Crippen LogP contribution in [0.4, 0.5) is 21.6 Å². The van der Waals surface area contributed by atoms with Crippen molar-refractivity contribution < 1.29 is 18.7 Å². The highest BCUT2D eigenvalue weighted by atomic mass is 19.1. The van der Waals surface area contributed by atoms with Gasteiger partial charge in [-0.1, -0.05) is 0 Å². The predicted molar refractivity (Wildman–Crippen MR) is 138 cm³/mol. The molecule has 0 bridgehead atoms. The van der Waals surface area contributed by atoms with Crippen molar-refractivity contribution in [2.75, 3.05) is 17.7 Å². The summed E-state index contributed by atoms with van der Waals surface area (Å²) in [5.41, 5.74) is 1.62. The van der Waals surface area contributed by atoms with E-state index in [0.29, 0.717) is 22.7 Å². The van der Waals surface area contributed by atoms with Crippen molar-refractivity contribution in [3.63, 3.8) is 0 Å². The summed E-state index contributed by atoms with van der Waals surface area (Å²) in [6.07, 6.45) is 4.56. The van der Waals surface area contributed by atoms with Crippen LogP contribution in [0, 0.1) is 11.7 Å². The van der Waals surface area contributed by atoms with Gasteiger partial charge in [-0.2, -0.15) is 15.0 Å². The van der Waals surface area contributed by atoms with Crippen molar-refractivity contribution in [3.8, 4) is 17.0 Å². The van der Waals surface area contributed by atoms with Gasteiger partial charge in [-0.05, 0) is 24.1 Å². The van der Waals surface area contributed by atoms with E-state index in [9.17, 15) is 14.0 Å². The van der Waals surface area contributed by atoms with Gasteiger partial charge in [0, 0.05) is 31.3 Å². The summed E-state index contributed by atoms with van der Waals surface area (Å²) in [4.78, 5) is 30.9. The maximum Gasteiger partial charge on any atom is 0.253 e. The number of pyridine rings is 1. The average molecular weight is 475 g/mol. The van der Waals surface area contributed by atoms with Gasteiger partial charge in [0.25, 0.3) is 5.91 Å². The van der Waals surface area contributed by atoms with Gasteiger partial charge in [0.2, 0.25) is 5.91 Å². The number of aromatic nitrogens is 4. The van der Waals surface area contributed by atoms with E-state index in [2.05, 4.69) is 31.1 Å². The van der Waals surface area contributed by atoms with E-state index < -0.39 is 11.1 Å². The molecule has 4 rings (SSSR count). The molecule has 2 aromatic heterocycles. The molecule has 0 atom stereocenters. The van der Waals surface area contributed by atoms with Crippen molar-refractivity contribution in [3.05, 3.63) is 42.0 Å². The molecular formula is C21H25B3FN7O3. The topological polar surface area (TPSA) is 123 Å². The second-order valence-corrected chi connectivity index (χ2v) is 9.46. The normalized spacial score (nSPS) is 13.2. The Morgan fingerprint density at radius 2 is 1.91 bits per heavy atom. The molecule has 0 saturated heterocycles. The third kappa shape index (κ3) is 5.82. The molecule has 14 heteroatoms. The molecule has 0 aliphatic heterocycles. The first-order valence-corrected chi connectivity index (χ1v) is 11.2. The Morgan fingerprint density at radius 3 is 2.51 bits per heavy atom. The minimum atomic E-state index is -0.536. The SMILES string of the molecule is BC(B)(B)NC(=O)c1cnc(NC(=O)C2CC2)cc1Nc1cc(F)cc(-c2cnn(C)n2)c1OC. The van der Waals surface area contributed by atoms with Gasteiger partial charge in [-0.3, -0.25) is 9.59 Å². The molecule has 1 aliphatic rings. The maximum absolute atomic E-state index is 14.7. The van der Waals surface area contributed by atoms with Crippen LogP contribution in [0.25, 0.3) is 11.3 Å². The number of hydrogen-bond acceptors (Lipinski definition) is 7. The molecular weight excluding hydrogens is 450 g/mol. The highest BCUT2D eigenvalue weighted by Crippen LogP contribution is 2.39. The third-order valence-corrected chi connectivity index (χ3v) is 5.24. The van der Waals surface area contributed by atoms with E-state index in [0.717, 1.165) is 12.8 Å². The highest BCUT2D eigenvalue weighted by molar-refractivity contribution is 6.60. The van der Waals surface area contributed by atoms with Gasteiger partial charge in [-0.15, -0.1) is 0 Å². The second kappa shape index (κ2) is 9.43. The molecule has 1 fully saturated rings. The molecule has 3 aromatic rings. The summed E-state index contributed by atoms with van der Waals surface area (Å²) >= 11 is 0. The van der Waals surface area contributed by atoms with E-state index in [1.54, 1.807) is 13.1 Å². The van der Waals surface area contributed by atoms with Crippen molar-refractivity contribution >= 4 is 52.5 Å². The van der Waals surface area contributed by atoms with Crippen molar-refractivity contribution in [1.82, 2.24) is 25.3 Å². The number of carbonyl (C=O) groups excluding carboxylic acids is 2. The Labute approximate surface area is 204 Å².